The molecule has 0 saturated heterocycles. The van der Waals surface area contributed by atoms with Gasteiger partial charge in [0.05, 0.1) is 7.11 Å². The molecule has 6 heteroatoms. The molecule has 0 amide bonds. The number of hydrogen-bond acceptors (Lipinski definition) is 4. The maximum absolute atomic E-state index is 11.6. The minimum absolute atomic E-state index is 0.176. The van der Waals surface area contributed by atoms with Crippen LogP contribution in [0.2, 0.25) is 0 Å². The largest absolute Gasteiger partial charge is 0.476 e. The van der Waals surface area contributed by atoms with Crippen molar-refractivity contribution in [1.82, 2.24) is 15.3 Å². The van der Waals surface area contributed by atoms with Gasteiger partial charge in [0, 0.05) is 24.4 Å². The van der Waals surface area contributed by atoms with E-state index in [-0.39, 0.29) is 5.56 Å². The fourth-order valence-electron chi connectivity index (χ4n) is 1.41. The molecule has 5 nitrogen and oxygen atoms in total. The van der Waals surface area contributed by atoms with E-state index < -0.39 is 0 Å². The number of rotatable bonds is 3. The van der Waals surface area contributed by atoms with Crippen molar-refractivity contribution < 1.29 is 4.74 Å². The average Bonchev–Trinajstić information content (AvgIpc) is 2.34. The summed E-state index contributed by atoms with van der Waals surface area (Å²) in [6.45, 7) is 0. The van der Waals surface area contributed by atoms with E-state index in [4.69, 9.17) is 17.0 Å². The van der Waals surface area contributed by atoms with Gasteiger partial charge >= 0.3 is 0 Å². The van der Waals surface area contributed by atoms with Gasteiger partial charge in [-0.15, -0.1) is 0 Å². The second-order valence-electron chi connectivity index (χ2n) is 3.46. The third-order valence-corrected chi connectivity index (χ3v) is 2.49. The van der Waals surface area contributed by atoms with Crippen LogP contribution in [-0.2, 0) is 11.2 Å². The van der Waals surface area contributed by atoms with Gasteiger partial charge in [-0.2, -0.15) is 0 Å². The standard InChI is InChI=1S/C11H11N3O2S/c1-16-9-3-2-7(5-12-9)4-8-6-13-11(17)14-10(8)15/h2,5-6,12H,4H2,1H3,(H2,13,14,15,17). The molecule has 0 aromatic carbocycles. The first kappa shape index (κ1) is 11.4. The van der Waals surface area contributed by atoms with Crippen molar-refractivity contribution in [3.63, 3.8) is 0 Å². The predicted molar refractivity (Wildman–Crippen MR) is 65.8 cm³/mol. The first-order valence-electron chi connectivity index (χ1n) is 4.96. The summed E-state index contributed by atoms with van der Waals surface area (Å²) in [7, 11) is 1.56. The van der Waals surface area contributed by atoms with E-state index in [1.54, 1.807) is 25.6 Å². The highest BCUT2D eigenvalue weighted by atomic mass is 32.1. The van der Waals surface area contributed by atoms with Crippen LogP contribution < -0.4 is 10.9 Å². The molecule has 3 N–H and O–H groups in total. The number of allylic oxidation sites excluding steroid dienone is 2. The summed E-state index contributed by atoms with van der Waals surface area (Å²) in [6, 6.07) is 0. The maximum atomic E-state index is 11.6. The van der Waals surface area contributed by atoms with Crippen LogP contribution in [0.5, 0.6) is 0 Å². The minimum Gasteiger partial charge on any atom is -0.476 e. The zero-order valence-electron chi connectivity index (χ0n) is 9.16. The lowest BCUT2D eigenvalue weighted by molar-refractivity contribution is 0.272. The van der Waals surface area contributed by atoms with Gasteiger partial charge in [-0.1, -0.05) is 5.73 Å². The summed E-state index contributed by atoms with van der Waals surface area (Å²) in [6.07, 6.45) is 5.66. The van der Waals surface area contributed by atoms with Crippen LogP contribution in [0.1, 0.15) is 5.56 Å². The maximum Gasteiger partial charge on any atom is 0.255 e. The van der Waals surface area contributed by atoms with E-state index in [2.05, 4.69) is 21.0 Å². The molecule has 0 bridgehead atoms. The molecule has 2 rings (SSSR count). The number of hydrogen-bond donors (Lipinski definition) is 3. The first-order chi connectivity index (χ1) is 8.19. The average molecular weight is 249 g/mol. The lowest BCUT2D eigenvalue weighted by Crippen LogP contribution is -2.16. The lowest BCUT2D eigenvalue weighted by Gasteiger charge is -2.08. The zero-order valence-corrected chi connectivity index (χ0v) is 9.98. The molecule has 1 aliphatic rings. The summed E-state index contributed by atoms with van der Waals surface area (Å²) in [5, 5.41) is 2.92. The molecule has 0 atom stereocenters. The van der Waals surface area contributed by atoms with Gasteiger partial charge in [0.15, 0.2) is 4.77 Å². The van der Waals surface area contributed by atoms with Gasteiger partial charge in [0.2, 0.25) is 5.88 Å². The van der Waals surface area contributed by atoms with Gasteiger partial charge in [-0.25, -0.2) is 0 Å². The zero-order chi connectivity index (χ0) is 12.3. The van der Waals surface area contributed by atoms with E-state index >= 15 is 0 Å². The Morgan fingerprint density at radius 3 is 2.94 bits per heavy atom. The molecule has 1 aromatic heterocycles. The molecule has 0 fully saturated rings. The van der Waals surface area contributed by atoms with Crippen LogP contribution in [0, 0.1) is 4.77 Å². The summed E-state index contributed by atoms with van der Waals surface area (Å²) in [5.41, 5.74) is 4.29. The van der Waals surface area contributed by atoms with Crippen LogP contribution in [0.25, 0.3) is 0 Å². The van der Waals surface area contributed by atoms with Crippen molar-refractivity contribution in [2.75, 3.05) is 7.11 Å². The quantitative estimate of drug-likeness (QED) is 0.554. The van der Waals surface area contributed by atoms with E-state index in [1.165, 1.54) is 0 Å². The molecular weight excluding hydrogens is 238 g/mol. The van der Waals surface area contributed by atoms with Gasteiger partial charge in [0.1, 0.15) is 0 Å². The highest BCUT2D eigenvalue weighted by Gasteiger charge is 2.05. The smallest absolute Gasteiger partial charge is 0.255 e. The molecule has 1 aliphatic heterocycles. The van der Waals surface area contributed by atoms with Crippen molar-refractivity contribution in [2.45, 2.75) is 6.42 Å². The summed E-state index contributed by atoms with van der Waals surface area (Å²) >= 11 is 4.82. The first-order valence-corrected chi connectivity index (χ1v) is 5.37. The molecular formula is C11H11N3O2S. The summed E-state index contributed by atoms with van der Waals surface area (Å²) in [4.78, 5) is 16.9. The summed E-state index contributed by atoms with van der Waals surface area (Å²) < 4.78 is 5.29. The minimum atomic E-state index is -0.176. The molecule has 88 valence electrons. The number of aromatic amines is 2. The Morgan fingerprint density at radius 2 is 2.35 bits per heavy atom. The van der Waals surface area contributed by atoms with Crippen LogP contribution in [-0.4, -0.2) is 17.1 Å². The molecule has 1 aromatic rings. The number of nitrogens with one attached hydrogen (secondary N) is 3. The second-order valence-corrected chi connectivity index (χ2v) is 3.87. The number of ether oxygens (including phenoxy) is 1. The molecule has 0 aliphatic carbocycles. The van der Waals surface area contributed by atoms with Crippen molar-refractivity contribution in [1.29, 1.82) is 0 Å². The van der Waals surface area contributed by atoms with Crippen molar-refractivity contribution in [3.05, 3.63) is 56.3 Å². The lowest BCUT2D eigenvalue weighted by atomic mass is 10.1. The fraction of sp³-hybridized carbons (Fsp3) is 0.182. The highest BCUT2D eigenvalue weighted by Crippen LogP contribution is 2.07. The second kappa shape index (κ2) is 4.86. The van der Waals surface area contributed by atoms with Crippen molar-refractivity contribution >= 4 is 12.2 Å². The third kappa shape index (κ3) is 2.75. The van der Waals surface area contributed by atoms with Gasteiger partial charge < -0.3 is 15.0 Å². The van der Waals surface area contributed by atoms with Gasteiger partial charge in [-0.05, 0) is 23.9 Å². The van der Waals surface area contributed by atoms with E-state index in [0.717, 1.165) is 5.57 Å². The highest BCUT2D eigenvalue weighted by molar-refractivity contribution is 7.71. The Labute approximate surface area is 103 Å². The topological polar surface area (TPSA) is 69.9 Å². The Kier molecular flexibility index (Phi) is 3.27. The number of methoxy groups -OCH3 is 1. The molecule has 0 unspecified atom stereocenters. The normalized spacial score (nSPS) is 13.7. The van der Waals surface area contributed by atoms with Crippen LogP contribution >= 0.6 is 12.2 Å². The van der Waals surface area contributed by atoms with Gasteiger partial charge in [-0.3, -0.25) is 9.78 Å². The van der Waals surface area contributed by atoms with Gasteiger partial charge in [0.25, 0.3) is 5.56 Å². The van der Waals surface area contributed by atoms with Crippen LogP contribution in [0.15, 0.2) is 40.5 Å². The molecule has 0 radical (unpaired) electrons. The Bertz CT molecular complexity index is 633. The molecule has 2 heterocycles. The Morgan fingerprint density at radius 1 is 1.53 bits per heavy atom. The summed E-state index contributed by atoms with van der Waals surface area (Å²) in [5.74, 6) is 0.551. The monoisotopic (exact) mass is 249 g/mol. The molecule has 0 saturated carbocycles. The predicted octanol–water partition coefficient (Wildman–Crippen LogP) is 1.10. The van der Waals surface area contributed by atoms with Crippen LogP contribution in [0.3, 0.4) is 0 Å². The van der Waals surface area contributed by atoms with Crippen molar-refractivity contribution in [2.24, 2.45) is 0 Å². The van der Waals surface area contributed by atoms with E-state index in [1.807, 2.05) is 0 Å². The third-order valence-electron chi connectivity index (χ3n) is 2.27. The van der Waals surface area contributed by atoms with Crippen LogP contribution in [0.4, 0.5) is 0 Å². The number of aromatic nitrogens is 2. The van der Waals surface area contributed by atoms with E-state index in [9.17, 15) is 4.79 Å². The number of H-pyrrole nitrogens is 2. The fourth-order valence-corrected chi connectivity index (χ4v) is 1.56. The molecule has 17 heavy (non-hydrogen) atoms. The van der Waals surface area contributed by atoms with Crippen molar-refractivity contribution in [3.8, 4) is 0 Å². The molecule has 0 spiro atoms. The SMILES string of the molecule is COC1=C=CC(Cc2c[nH]c(=S)[nH]c2=O)=CN1. The Hall–Kier alpha value is -2.04. The Balaban J connectivity index is 2.21. The van der Waals surface area contributed by atoms with E-state index in [0.29, 0.717) is 22.6 Å².